The van der Waals surface area contributed by atoms with Crippen molar-refractivity contribution in [3.8, 4) is 0 Å². The minimum absolute atomic E-state index is 0.280. The van der Waals surface area contributed by atoms with Gasteiger partial charge >= 0.3 is 0 Å². The molecule has 5 heteroatoms. The van der Waals surface area contributed by atoms with Gasteiger partial charge in [0.2, 0.25) is 5.91 Å². The lowest BCUT2D eigenvalue weighted by Gasteiger charge is -2.16. The number of nitrogens with one attached hydrogen (secondary N) is 1. The maximum Gasteiger partial charge on any atom is 0.226 e. The Bertz CT molecular complexity index is 431. The van der Waals surface area contributed by atoms with Crippen LogP contribution in [-0.2, 0) is 11.3 Å². The summed E-state index contributed by atoms with van der Waals surface area (Å²) in [6, 6.07) is 0. The zero-order chi connectivity index (χ0) is 12.0. The van der Waals surface area contributed by atoms with E-state index in [-0.39, 0.29) is 5.91 Å². The van der Waals surface area contributed by atoms with Crippen molar-refractivity contribution in [2.75, 3.05) is 7.05 Å². The molecule has 0 spiro atoms. The fraction of sp³-hybridized carbons (Fsp3) is 0.750. The molecule has 1 aromatic rings. The van der Waals surface area contributed by atoms with Gasteiger partial charge in [-0.1, -0.05) is 6.42 Å². The standard InChI is InChI=1S/C12H18N4O/c1-7-13-10(15-14-7)6-16(2)12(17)11-8-4-3-5-9(8)11/h8-9,11H,3-6H2,1-2H3,(H,13,14,15). The van der Waals surface area contributed by atoms with Crippen molar-refractivity contribution in [1.29, 1.82) is 0 Å². The first-order chi connectivity index (χ1) is 8.16. The van der Waals surface area contributed by atoms with Gasteiger partial charge in [0.15, 0.2) is 5.82 Å². The molecule has 2 aliphatic rings. The first kappa shape index (κ1) is 10.7. The third-order valence-corrected chi connectivity index (χ3v) is 4.09. The Morgan fingerprint density at radius 1 is 1.47 bits per heavy atom. The van der Waals surface area contributed by atoms with Crippen LogP contribution in [0.25, 0.3) is 0 Å². The lowest BCUT2D eigenvalue weighted by atomic mass is 10.1. The molecule has 1 heterocycles. The number of amides is 1. The molecule has 0 aliphatic heterocycles. The van der Waals surface area contributed by atoms with Crippen LogP contribution in [0.3, 0.4) is 0 Å². The van der Waals surface area contributed by atoms with E-state index in [1.807, 2.05) is 14.0 Å². The molecule has 1 aromatic heterocycles. The molecule has 1 amide bonds. The van der Waals surface area contributed by atoms with E-state index in [1.54, 1.807) is 4.90 Å². The molecular weight excluding hydrogens is 216 g/mol. The Morgan fingerprint density at radius 2 is 2.18 bits per heavy atom. The molecule has 1 N–H and O–H groups in total. The smallest absolute Gasteiger partial charge is 0.226 e. The number of aromatic amines is 1. The molecule has 17 heavy (non-hydrogen) atoms. The van der Waals surface area contributed by atoms with Crippen molar-refractivity contribution in [2.24, 2.45) is 17.8 Å². The third kappa shape index (κ3) is 1.83. The molecule has 0 saturated heterocycles. The molecule has 2 aliphatic carbocycles. The Balaban J connectivity index is 1.59. The molecule has 3 rings (SSSR count). The number of carbonyl (C=O) groups excluding carboxylic acids is 1. The van der Waals surface area contributed by atoms with E-state index in [1.165, 1.54) is 19.3 Å². The van der Waals surface area contributed by atoms with E-state index in [0.717, 1.165) is 5.82 Å². The first-order valence-corrected chi connectivity index (χ1v) is 6.29. The molecule has 2 atom stereocenters. The van der Waals surface area contributed by atoms with E-state index in [0.29, 0.717) is 30.1 Å². The summed E-state index contributed by atoms with van der Waals surface area (Å²) in [4.78, 5) is 18.2. The van der Waals surface area contributed by atoms with Crippen molar-refractivity contribution in [1.82, 2.24) is 20.1 Å². The molecule has 0 bridgehead atoms. The highest BCUT2D eigenvalue weighted by Gasteiger charge is 2.57. The van der Waals surface area contributed by atoms with Crippen LogP contribution < -0.4 is 0 Å². The Labute approximate surface area is 101 Å². The van der Waals surface area contributed by atoms with Gasteiger partial charge in [0, 0.05) is 13.0 Å². The van der Waals surface area contributed by atoms with Crippen LogP contribution in [-0.4, -0.2) is 33.0 Å². The van der Waals surface area contributed by atoms with Crippen molar-refractivity contribution in [2.45, 2.75) is 32.7 Å². The van der Waals surface area contributed by atoms with Crippen molar-refractivity contribution >= 4 is 5.91 Å². The quantitative estimate of drug-likeness (QED) is 0.852. The van der Waals surface area contributed by atoms with Crippen molar-refractivity contribution < 1.29 is 4.79 Å². The van der Waals surface area contributed by atoms with Gasteiger partial charge in [-0.3, -0.25) is 9.89 Å². The zero-order valence-electron chi connectivity index (χ0n) is 10.3. The number of aryl methyl sites for hydroxylation is 1. The van der Waals surface area contributed by atoms with Gasteiger partial charge in [-0.15, -0.1) is 0 Å². The van der Waals surface area contributed by atoms with Crippen LogP contribution >= 0.6 is 0 Å². The largest absolute Gasteiger partial charge is 0.338 e. The number of H-pyrrole nitrogens is 1. The van der Waals surface area contributed by atoms with Crippen molar-refractivity contribution in [3.05, 3.63) is 11.6 Å². The summed E-state index contributed by atoms with van der Waals surface area (Å²) in [7, 11) is 1.85. The lowest BCUT2D eigenvalue weighted by Crippen LogP contribution is -2.29. The molecule has 2 fully saturated rings. The summed E-state index contributed by atoms with van der Waals surface area (Å²) in [5.41, 5.74) is 0. The van der Waals surface area contributed by atoms with Gasteiger partial charge in [0.25, 0.3) is 0 Å². The first-order valence-electron chi connectivity index (χ1n) is 6.29. The van der Waals surface area contributed by atoms with E-state index >= 15 is 0 Å². The second kappa shape index (κ2) is 3.82. The van der Waals surface area contributed by atoms with Crippen LogP contribution in [0.2, 0.25) is 0 Å². The Kier molecular flexibility index (Phi) is 2.42. The van der Waals surface area contributed by atoms with Gasteiger partial charge in [0.1, 0.15) is 5.82 Å². The average Bonchev–Trinajstić information content (AvgIpc) is 2.68. The van der Waals surface area contributed by atoms with E-state index in [9.17, 15) is 4.79 Å². The summed E-state index contributed by atoms with van der Waals surface area (Å²) in [6.07, 6.45) is 3.80. The minimum Gasteiger partial charge on any atom is -0.338 e. The van der Waals surface area contributed by atoms with Gasteiger partial charge in [0.05, 0.1) is 6.54 Å². The van der Waals surface area contributed by atoms with E-state index in [2.05, 4.69) is 15.2 Å². The van der Waals surface area contributed by atoms with Crippen LogP contribution in [0.5, 0.6) is 0 Å². The molecule has 5 nitrogen and oxygen atoms in total. The Morgan fingerprint density at radius 3 is 2.76 bits per heavy atom. The number of fused-ring (bicyclic) bond motifs is 1. The maximum atomic E-state index is 12.2. The van der Waals surface area contributed by atoms with Crippen LogP contribution in [0.1, 0.15) is 30.9 Å². The second-order valence-electron chi connectivity index (χ2n) is 5.32. The van der Waals surface area contributed by atoms with Crippen LogP contribution in [0.15, 0.2) is 0 Å². The molecule has 0 aromatic carbocycles. The summed E-state index contributed by atoms with van der Waals surface area (Å²) in [5, 5.41) is 6.86. The van der Waals surface area contributed by atoms with Gasteiger partial charge < -0.3 is 4.90 Å². The summed E-state index contributed by atoms with van der Waals surface area (Å²) in [6.45, 7) is 2.38. The molecular formula is C12H18N4O. The minimum atomic E-state index is 0.280. The van der Waals surface area contributed by atoms with Crippen molar-refractivity contribution in [3.63, 3.8) is 0 Å². The van der Waals surface area contributed by atoms with Crippen LogP contribution in [0, 0.1) is 24.7 Å². The number of nitrogens with zero attached hydrogens (tertiary/aromatic N) is 3. The molecule has 2 saturated carbocycles. The normalized spacial score (nSPS) is 30.1. The third-order valence-electron chi connectivity index (χ3n) is 4.09. The monoisotopic (exact) mass is 234 g/mol. The topological polar surface area (TPSA) is 61.9 Å². The molecule has 2 unspecified atom stereocenters. The highest BCUT2D eigenvalue weighted by molar-refractivity contribution is 5.82. The predicted octanol–water partition coefficient (Wildman–Crippen LogP) is 1.12. The molecule has 92 valence electrons. The number of hydrogen-bond acceptors (Lipinski definition) is 3. The van der Waals surface area contributed by atoms with E-state index < -0.39 is 0 Å². The second-order valence-corrected chi connectivity index (χ2v) is 5.32. The highest BCUT2D eigenvalue weighted by Crippen LogP contribution is 2.58. The summed E-state index contributed by atoms with van der Waals surface area (Å²) in [5.74, 6) is 3.43. The van der Waals surface area contributed by atoms with Gasteiger partial charge in [-0.2, -0.15) is 5.10 Å². The van der Waals surface area contributed by atoms with Gasteiger partial charge in [-0.25, -0.2) is 4.98 Å². The fourth-order valence-electron chi connectivity index (χ4n) is 3.19. The summed E-state index contributed by atoms with van der Waals surface area (Å²) >= 11 is 0. The summed E-state index contributed by atoms with van der Waals surface area (Å²) < 4.78 is 0. The van der Waals surface area contributed by atoms with Crippen LogP contribution in [0.4, 0.5) is 0 Å². The number of rotatable bonds is 3. The SMILES string of the molecule is Cc1nc(CN(C)C(=O)C2C3CCCC32)n[nH]1. The average molecular weight is 234 g/mol. The lowest BCUT2D eigenvalue weighted by molar-refractivity contribution is -0.132. The molecule has 0 radical (unpaired) electrons. The maximum absolute atomic E-state index is 12.2. The van der Waals surface area contributed by atoms with E-state index in [4.69, 9.17) is 0 Å². The number of carbonyl (C=O) groups is 1. The predicted molar refractivity (Wildman–Crippen MR) is 61.9 cm³/mol. The fourth-order valence-corrected chi connectivity index (χ4v) is 3.19. The highest BCUT2D eigenvalue weighted by atomic mass is 16.2. The Hall–Kier alpha value is -1.39. The number of aromatic nitrogens is 3. The zero-order valence-corrected chi connectivity index (χ0v) is 10.3. The van der Waals surface area contributed by atoms with Gasteiger partial charge in [-0.05, 0) is 31.6 Å². The number of hydrogen-bond donors (Lipinski definition) is 1.